The third-order valence-corrected chi connectivity index (χ3v) is 3.93. The number of amides is 1. The van der Waals surface area contributed by atoms with Gasteiger partial charge >= 0.3 is 0 Å². The van der Waals surface area contributed by atoms with Gasteiger partial charge in [-0.05, 0) is 56.7 Å². The standard InChI is InChI=1S/C20H20ClNO2/c1-20(2,3)22-19(23)18-16-7-5-4-6-14(16)12-17(24-18)13-8-10-15(21)11-9-13/h4-12,18H,1-3H3,(H,22,23). The second kappa shape index (κ2) is 6.33. The third kappa shape index (κ3) is 3.62. The van der Waals surface area contributed by atoms with Crippen molar-refractivity contribution in [3.05, 3.63) is 70.2 Å². The minimum absolute atomic E-state index is 0.144. The van der Waals surface area contributed by atoms with Gasteiger partial charge in [-0.25, -0.2) is 0 Å². The molecule has 3 rings (SSSR count). The lowest BCUT2D eigenvalue weighted by Gasteiger charge is -2.29. The molecule has 0 aliphatic carbocycles. The van der Waals surface area contributed by atoms with Crippen molar-refractivity contribution in [2.75, 3.05) is 0 Å². The Bertz CT molecular complexity index is 788. The SMILES string of the molecule is CC(C)(C)NC(=O)C1OC(c2ccc(Cl)cc2)=Cc2ccccc21. The third-order valence-electron chi connectivity index (χ3n) is 3.67. The van der Waals surface area contributed by atoms with Crippen LogP contribution in [0.15, 0.2) is 48.5 Å². The van der Waals surface area contributed by atoms with Crippen molar-refractivity contribution in [3.8, 4) is 0 Å². The minimum atomic E-state index is -0.670. The lowest BCUT2D eigenvalue weighted by Crippen LogP contribution is -2.44. The largest absolute Gasteiger partial charge is 0.475 e. The molecule has 24 heavy (non-hydrogen) atoms. The number of hydrogen-bond donors (Lipinski definition) is 1. The van der Waals surface area contributed by atoms with E-state index in [1.54, 1.807) is 0 Å². The van der Waals surface area contributed by atoms with E-state index < -0.39 is 6.10 Å². The summed E-state index contributed by atoms with van der Waals surface area (Å²) in [4.78, 5) is 12.7. The molecule has 2 aromatic carbocycles. The first-order chi connectivity index (χ1) is 11.3. The fourth-order valence-corrected chi connectivity index (χ4v) is 2.77. The average molecular weight is 342 g/mol. The van der Waals surface area contributed by atoms with E-state index in [0.717, 1.165) is 16.7 Å². The Morgan fingerprint density at radius 2 is 1.75 bits per heavy atom. The fourth-order valence-electron chi connectivity index (χ4n) is 2.64. The van der Waals surface area contributed by atoms with Crippen molar-refractivity contribution in [1.29, 1.82) is 0 Å². The highest BCUT2D eigenvalue weighted by molar-refractivity contribution is 6.30. The summed E-state index contributed by atoms with van der Waals surface area (Å²) in [6, 6.07) is 15.2. The summed E-state index contributed by atoms with van der Waals surface area (Å²) < 4.78 is 6.05. The van der Waals surface area contributed by atoms with E-state index in [-0.39, 0.29) is 11.4 Å². The van der Waals surface area contributed by atoms with Crippen LogP contribution in [0.3, 0.4) is 0 Å². The quantitative estimate of drug-likeness (QED) is 0.850. The summed E-state index contributed by atoms with van der Waals surface area (Å²) in [6.07, 6.45) is 1.29. The van der Waals surface area contributed by atoms with Crippen LogP contribution in [-0.4, -0.2) is 11.4 Å². The maximum Gasteiger partial charge on any atom is 0.266 e. The first-order valence-corrected chi connectivity index (χ1v) is 8.26. The van der Waals surface area contributed by atoms with Crippen molar-refractivity contribution >= 4 is 29.3 Å². The molecule has 0 bridgehead atoms. The Morgan fingerprint density at radius 1 is 1.08 bits per heavy atom. The Labute approximate surface area is 147 Å². The number of nitrogens with one attached hydrogen (secondary N) is 1. The van der Waals surface area contributed by atoms with Crippen molar-refractivity contribution in [3.63, 3.8) is 0 Å². The summed E-state index contributed by atoms with van der Waals surface area (Å²) in [5.41, 5.74) is 2.43. The van der Waals surface area contributed by atoms with Crippen molar-refractivity contribution in [2.24, 2.45) is 0 Å². The average Bonchev–Trinajstić information content (AvgIpc) is 2.53. The molecule has 3 nitrogen and oxygen atoms in total. The van der Waals surface area contributed by atoms with Gasteiger partial charge in [-0.3, -0.25) is 4.79 Å². The van der Waals surface area contributed by atoms with Gasteiger partial charge in [-0.15, -0.1) is 0 Å². The topological polar surface area (TPSA) is 38.3 Å². The van der Waals surface area contributed by atoms with Gasteiger partial charge in [0.25, 0.3) is 5.91 Å². The number of rotatable bonds is 2. The molecule has 0 saturated carbocycles. The zero-order valence-electron chi connectivity index (χ0n) is 14.0. The summed E-state index contributed by atoms with van der Waals surface area (Å²) >= 11 is 5.96. The predicted molar refractivity (Wildman–Crippen MR) is 97.5 cm³/mol. The van der Waals surface area contributed by atoms with E-state index >= 15 is 0 Å². The molecule has 1 aliphatic rings. The van der Waals surface area contributed by atoms with E-state index in [1.807, 2.05) is 75.4 Å². The fraction of sp³-hybridized carbons (Fsp3) is 0.250. The lowest BCUT2D eigenvalue weighted by atomic mass is 9.96. The van der Waals surface area contributed by atoms with Crippen LogP contribution >= 0.6 is 11.6 Å². The van der Waals surface area contributed by atoms with Crippen molar-refractivity contribution in [2.45, 2.75) is 32.4 Å². The normalized spacial score (nSPS) is 16.7. The number of carbonyl (C=O) groups is 1. The molecule has 1 aliphatic heterocycles. The van der Waals surface area contributed by atoms with Crippen LogP contribution < -0.4 is 5.32 Å². The van der Waals surface area contributed by atoms with Gasteiger partial charge in [0.15, 0.2) is 0 Å². The summed E-state index contributed by atoms with van der Waals surface area (Å²) in [5, 5.41) is 3.66. The van der Waals surface area contributed by atoms with Gasteiger partial charge < -0.3 is 10.1 Å². The van der Waals surface area contributed by atoms with E-state index in [4.69, 9.17) is 16.3 Å². The summed E-state index contributed by atoms with van der Waals surface area (Å²) in [7, 11) is 0. The van der Waals surface area contributed by atoms with Crippen molar-refractivity contribution < 1.29 is 9.53 Å². The first kappa shape index (κ1) is 16.6. The molecule has 0 fully saturated rings. The van der Waals surface area contributed by atoms with Crippen LogP contribution in [0.5, 0.6) is 0 Å². The van der Waals surface area contributed by atoms with E-state index in [2.05, 4.69) is 5.32 Å². The van der Waals surface area contributed by atoms with Crippen LogP contribution in [0.4, 0.5) is 0 Å². The molecule has 1 heterocycles. The van der Waals surface area contributed by atoms with Gasteiger partial charge in [0, 0.05) is 21.7 Å². The zero-order valence-corrected chi connectivity index (χ0v) is 14.7. The monoisotopic (exact) mass is 341 g/mol. The second-order valence-corrected chi connectivity index (χ2v) is 7.32. The number of halogens is 1. The Kier molecular flexibility index (Phi) is 4.37. The Hall–Kier alpha value is -2.26. The van der Waals surface area contributed by atoms with Crippen molar-refractivity contribution in [1.82, 2.24) is 5.32 Å². The maximum absolute atomic E-state index is 12.7. The van der Waals surface area contributed by atoms with Gasteiger partial charge in [0.2, 0.25) is 6.10 Å². The molecular weight excluding hydrogens is 322 g/mol. The summed E-state index contributed by atoms with van der Waals surface area (Å²) in [5.74, 6) is 0.522. The molecule has 1 unspecified atom stereocenters. The highest BCUT2D eigenvalue weighted by Gasteiger charge is 2.31. The number of carbonyl (C=O) groups excluding carboxylic acids is 1. The molecule has 0 aromatic heterocycles. The highest BCUT2D eigenvalue weighted by atomic mass is 35.5. The van der Waals surface area contributed by atoms with E-state index in [9.17, 15) is 4.79 Å². The first-order valence-electron chi connectivity index (χ1n) is 7.89. The molecule has 0 saturated heterocycles. The van der Waals surface area contributed by atoms with Crippen LogP contribution in [0, 0.1) is 0 Å². The molecule has 124 valence electrons. The van der Waals surface area contributed by atoms with Gasteiger partial charge in [0.1, 0.15) is 5.76 Å². The maximum atomic E-state index is 12.7. The van der Waals surface area contributed by atoms with Gasteiger partial charge in [-0.2, -0.15) is 0 Å². The molecule has 1 atom stereocenters. The number of ether oxygens (including phenoxy) is 1. The van der Waals surface area contributed by atoms with Crippen LogP contribution in [0.2, 0.25) is 5.02 Å². The lowest BCUT2D eigenvalue weighted by molar-refractivity contribution is -0.131. The number of benzene rings is 2. The number of hydrogen-bond acceptors (Lipinski definition) is 2. The molecule has 1 amide bonds. The summed E-state index contributed by atoms with van der Waals surface area (Å²) in [6.45, 7) is 5.86. The minimum Gasteiger partial charge on any atom is -0.475 e. The zero-order chi connectivity index (χ0) is 17.3. The Balaban J connectivity index is 1.99. The molecule has 2 aromatic rings. The van der Waals surface area contributed by atoms with Crippen LogP contribution in [0.1, 0.15) is 43.6 Å². The molecule has 4 heteroatoms. The Morgan fingerprint density at radius 3 is 2.42 bits per heavy atom. The van der Waals surface area contributed by atoms with Crippen LogP contribution in [-0.2, 0) is 9.53 Å². The molecule has 1 N–H and O–H groups in total. The molecule has 0 spiro atoms. The van der Waals surface area contributed by atoms with E-state index in [1.165, 1.54) is 0 Å². The predicted octanol–water partition coefficient (Wildman–Crippen LogP) is 4.82. The smallest absolute Gasteiger partial charge is 0.266 e. The highest BCUT2D eigenvalue weighted by Crippen LogP contribution is 2.36. The number of fused-ring (bicyclic) bond motifs is 1. The molecular formula is C20H20ClNO2. The van der Waals surface area contributed by atoms with Gasteiger partial charge in [-0.1, -0.05) is 35.9 Å². The van der Waals surface area contributed by atoms with Crippen LogP contribution in [0.25, 0.3) is 11.8 Å². The van der Waals surface area contributed by atoms with E-state index in [0.29, 0.717) is 10.8 Å². The molecule has 0 radical (unpaired) electrons. The van der Waals surface area contributed by atoms with Gasteiger partial charge in [0.05, 0.1) is 0 Å². The second-order valence-electron chi connectivity index (χ2n) is 6.88.